The molecule has 0 aromatic heterocycles. The van der Waals surface area contributed by atoms with Crippen LogP contribution in [0.15, 0.2) is 0 Å². The molecule has 1 aliphatic rings. The third kappa shape index (κ3) is 13.4. The molecule has 1 saturated heterocycles. The number of carbonyl (C=O) groups is 1. The normalized spacial score (nSPS) is 26.3. The molecule has 9 atom stereocenters. The van der Waals surface area contributed by atoms with Crippen LogP contribution in [-0.4, -0.2) is 122 Å². The van der Waals surface area contributed by atoms with Crippen LogP contribution < -0.4 is 5.32 Å². The molecule has 1 amide bonds. The van der Waals surface area contributed by atoms with Crippen LogP contribution in [0.3, 0.4) is 0 Å². The molecular weight excluding hydrogens is 526 g/mol. The third-order valence-corrected chi connectivity index (χ3v) is 7.46. The van der Waals surface area contributed by atoms with Gasteiger partial charge >= 0.3 is 0 Å². The van der Waals surface area contributed by atoms with Crippen LogP contribution >= 0.6 is 0 Å². The number of hydrogen-bond acceptors (Lipinski definition) is 11. The maximum absolute atomic E-state index is 12.4. The first-order valence-corrected chi connectivity index (χ1v) is 15.1. The van der Waals surface area contributed by atoms with Crippen LogP contribution in [0.25, 0.3) is 0 Å². The summed E-state index contributed by atoms with van der Waals surface area (Å²) in [7, 11) is 0. The van der Waals surface area contributed by atoms with Gasteiger partial charge in [0.25, 0.3) is 5.91 Å². The minimum atomic E-state index is -2.04. The van der Waals surface area contributed by atoms with Gasteiger partial charge in [0, 0.05) is 6.54 Å². The maximum Gasteiger partial charge on any atom is 0.251 e. The van der Waals surface area contributed by atoms with E-state index in [4.69, 9.17) is 9.47 Å². The summed E-state index contributed by atoms with van der Waals surface area (Å²) in [6.07, 6.45) is 0.720. The lowest BCUT2D eigenvalue weighted by molar-refractivity contribution is -0.326. The number of amides is 1. The van der Waals surface area contributed by atoms with E-state index in [1.807, 2.05) is 0 Å². The summed E-state index contributed by atoms with van der Waals surface area (Å²) in [5.41, 5.74) is 0. The van der Waals surface area contributed by atoms with E-state index in [1.54, 1.807) is 0 Å². The van der Waals surface area contributed by atoms with Crippen molar-refractivity contribution >= 4 is 5.91 Å². The molecule has 1 rings (SSSR count). The van der Waals surface area contributed by atoms with Crippen molar-refractivity contribution in [2.24, 2.45) is 0 Å². The summed E-state index contributed by atoms with van der Waals surface area (Å²) in [5, 5.41) is 82.1. The summed E-state index contributed by atoms with van der Waals surface area (Å²) in [4.78, 5) is 12.4. The molecule has 0 spiro atoms. The molecule has 0 aliphatic carbocycles. The second-order valence-corrected chi connectivity index (χ2v) is 10.9. The van der Waals surface area contributed by atoms with Gasteiger partial charge in [-0.05, 0) is 6.42 Å². The average Bonchev–Trinajstić information content (AvgIpc) is 2.96. The van der Waals surface area contributed by atoms with Crippen molar-refractivity contribution in [3.05, 3.63) is 0 Å². The number of rotatable bonds is 23. The molecule has 12 nitrogen and oxygen atoms in total. The predicted molar refractivity (Wildman–Crippen MR) is 147 cm³/mol. The lowest BCUT2D eigenvalue weighted by Gasteiger charge is -2.42. The van der Waals surface area contributed by atoms with Gasteiger partial charge in [-0.25, -0.2) is 0 Å². The topological polar surface area (TPSA) is 209 Å². The number of nitrogens with one attached hydrogen (secondary N) is 1. The van der Waals surface area contributed by atoms with Crippen molar-refractivity contribution < 1.29 is 55.1 Å². The van der Waals surface area contributed by atoms with Gasteiger partial charge in [0.1, 0.15) is 42.7 Å². The Morgan fingerprint density at radius 2 is 1.27 bits per heavy atom. The number of carbonyl (C=O) groups excluding carboxylic acids is 1. The number of aliphatic hydroxyl groups excluding tert-OH is 8. The fraction of sp³-hybridized carbons (Fsp3) is 0.964. The average molecular weight is 582 g/mol. The number of unbranched alkanes of at least 4 members (excludes halogenated alkanes) is 13. The van der Waals surface area contributed by atoms with Gasteiger partial charge in [0.15, 0.2) is 12.4 Å². The van der Waals surface area contributed by atoms with E-state index < -0.39 is 74.2 Å². The zero-order valence-electron chi connectivity index (χ0n) is 24.0. The van der Waals surface area contributed by atoms with Gasteiger partial charge in [-0.15, -0.1) is 0 Å². The van der Waals surface area contributed by atoms with Crippen LogP contribution in [0.2, 0.25) is 0 Å². The summed E-state index contributed by atoms with van der Waals surface area (Å²) in [5.74, 6) is -0.908. The highest BCUT2D eigenvalue weighted by atomic mass is 16.7. The van der Waals surface area contributed by atoms with Crippen LogP contribution in [0.4, 0.5) is 0 Å². The largest absolute Gasteiger partial charge is 0.394 e. The molecule has 1 fully saturated rings. The van der Waals surface area contributed by atoms with Gasteiger partial charge in [0.05, 0.1) is 13.2 Å². The van der Waals surface area contributed by atoms with Crippen molar-refractivity contribution in [3.63, 3.8) is 0 Å². The lowest BCUT2D eigenvalue weighted by Crippen LogP contribution is -2.62. The SMILES string of the molecule is CCCCCCCCCCCCCCCCNC(=O)[C@H](O)[C@@H](O)[C@H](O[C@@H]1O[C@H](CO)[C@H](O)[C@H](O)[C@H]1O)[C@H](O)CO. The molecule has 238 valence electrons. The summed E-state index contributed by atoms with van der Waals surface area (Å²) in [6, 6.07) is 0. The predicted octanol–water partition coefficient (Wildman–Crippen LogP) is -0.156. The van der Waals surface area contributed by atoms with Crippen LogP contribution in [0, 0.1) is 0 Å². The molecule has 1 aliphatic heterocycles. The quantitative estimate of drug-likeness (QED) is 0.0724. The molecule has 40 heavy (non-hydrogen) atoms. The van der Waals surface area contributed by atoms with Gasteiger partial charge < -0.3 is 55.6 Å². The molecular formula is C28H55NO11. The summed E-state index contributed by atoms with van der Waals surface area (Å²) < 4.78 is 10.5. The van der Waals surface area contributed by atoms with Crippen molar-refractivity contribution in [1.29, 1.82) is 0 Å². The molecule has 9 N–H and O–H groups in total. The monoisotopic (exact) mass is 581 g/mol. The van der Waals surface area contributed by atoms with Crippen molar-refractivity contribution in [2.75, 3.05) is 19.8 Å². The molecule has 0 aromatic rings. The van der Waals surface area contributed by atoms with Crippen molar-refractivity contribution in [3.8, 4) is 0 Å². The number of ether oxygens (including phenoxy) is 2. The van der Waals surface area contributed by atoms with Crippen molar-refractivity contribution in [2.45, 2.75) is 152 Å². The Bertz CT molecular complexity index is 641. The first-order valence-electron chi connectivity index (χ1n) is 15.1. The first-order chi connectivity index (χ1) is 19.2. The Kier molecular flexibility index (Phi) is 20.1. The van der Waals surface area contributed by atoms with Crippen molar-refractivity contribution in [1.82, 2.24) is 5.32 Å². The van der Waals surface area contributed by atoms with E-state index >= 15 is 0 Å². The van der Waals surface area contributed by atoms with Crippen LogP contribution in [0.1, 0.15) is 96.8 Å². The second kappa shape index (κ2) is 21.7. The Hall–Kier alpha value is -0.930. The van der Waals surface area contributed by atoms with Gasteiger partial charge in [-0.3, -0.25) is 4.79 Å². The second-order valence-electron chi connectivity index (χ2n) is 10.9. The van der Waals surface area contributed by atoms with Crippen LogP contribution in [-0.2, 0) is 14.3 Å². The van der Waals surface area contributed by atoms with Gasteiger partial charge in [-0.2, -0.15) is 0 Å². The summed E-state index contributed by atoms with van der Waals surface area (Å²) in [6.45, 7) is 0.853. The van der Waals surface area contributed by atoms with E-state index in [2.05, 4.69) is 12.2 Å². The van der Waals surface area contributed by atoms with E-state index in [-0.39, 0.29) is 6.54 Å². The maximum atomic E-state index is 12.4. The van der Waals surface area contributed by atoms with E-state index in [1.165, 1.54) is 64.2 Å². The number of aliphatic hydroxyl groups is 8. The number of hydrogen-bond donors (Lipinski definition) is 9. The minimum Gasteiger partial charge on any atom is -0.394 e. The van der Waals surface area contributed by atoms with Gasteiger partial charge in [0.2, 0.25) is 0 Å². The Morgan fingerprint density at radius 3 is 1.75 bits per heavy atom. The highest BCUT2D eigenvalue weighted by Gasteiger charge is 2.47. The fourth-order valence-corrected chi connectivity index (χ4v) is 4.81. The van der Waals surface area contributed by atoms with E-state index in [0.717, 1.165) is 19.3 Å². The molecule has 1 heterocycles. The Labute approximate surface area is 238 Å². The van der Waals surface area contributed by atoms with Crippen LogP contribution in [0.5, 0.6) is 0 Å². The smallest absolute Gasteiger partial charge is 0.251 e. The molecule has 0 bridgehead atoms. The highest BCUT2D eigenvalue weighted by molar-refractivity contribution is 5.81. The zero-order valence-corrected chi connectivity index (χ0v) is 24.0. The van der Waals surface area contributed by atoms with Gasteiger partial charge in [-0.1, -0.05) is 90.4 Å². The van der Waals surface area contributed by atoms with E-state index in [0.29, 0.717) is 6.42 Å². The Morgan fingerprint density at radius 1 is 0.775 bits per heavy atom. The standard InChI is InChI=1S/C28H55NO11/c1-2-3-4-5-6-7-8-9-10-11-12-13-14-15-16-29-27(38)24(36)23(35)26(19(32)17-30)40-28-25(37)22(34)21(33)20(18-31)39-28/h19-26,28,30-37H,2-18H2,1H3,(H,29,38)/t19-,20-,21+,22+,23-,24-,25-,26-,28+/m1/s1. The molecule has 0 unspecified atom stereocenters. The highest BCUT2D eigenvalue weighted by Crippen LogP contribution is 2.25. The molecule has 0 saturated carbocycles. The molecule has 0 radical (unpaired) electrons. The minimum absolute atomic E-state index is 0.279. The fourth-order valence-electron chi connectivity index (χ4n) is 4.81. The Balaban J connectivity index is 2.32. The summed E-state index contributed by atoms with van der Waals surface area (Å²) >= 11 is 0. The lowest BCUT2D eigenvalue weighted by atomic mass is 9.98. The molecule has 12 heteroatoms. The van der Waals surface area contributed by atoms with E-state index in [9.17, 15) is 45.6 Å². The zero-order chi connectivity index (χ0) is 29.9. The third-order valence-electron chi connectivity index (χ3n) is 7.46. The molecule has 0 aromatic carbocycles. The first kappa shape index (κ1) is 37.1.